The average Bonchev–Trinajstić information content (AvgIpc) is 3.28. The second-order valence-electron chi connectivity index (χ2n) is 18.8. The molecule has 0 saturated carbocycles. The molecule has 370 valence electrons. The summed E-state index contributed by atoms with van der Waals surface area (Å²) in [5.74, 6) is -0.873. The first-order valence-electron chi connectivity index (χ1n) is 27.8. The summed E-state index contributed by atoms with van der Waals surface area (Å²) < 4.78 is 16.8. The maximum atomic E-state index is 12.8. The Bertz CT molecular complexity index is 1020. The molecule has 63 heavy (non-hydrogen) atoms. The lowest BCUT2D eigenvalue weighted by Crippen LogP contribution is -2.30. The van der Waals surface area contributed by atoms with E-state index in [-0.39, 0.29) is 31.1 Å². The third kappa shape index (κ3) is 50.7. The molecule has 0 heterocycles. The molecular weight excluding hydrogens is 781 g/mol. The normalized spacial score (nSPS) is 12.1. The molecule has 0 aromatic rings. The SMILES string of the molecule is CCCCCCCC/C=C\CCCCCCCC(=O)OCC(COC(=O)CCCCCCCCCCCCCCCCC)OC(=O)CCCCCCC/C=C/CCCCCCCC. The van der Waals surface area contributed by atoms with Crippen LogP contribution in [0.1, 0.15) is 303 Å². The van der Waals surface area contributed by atoms with Gasteiger partial charge in [0.15, 0.2) is 6.10 Å². The Hall–Kier alpha value is -2.11. The van der Waals surface area contributed by atoms with E-state index in [4.69, 9.17) is 14.2 Å². The lowest BCUT2D eigenvalue weighted by Gasteiger charge is -2.18. The van der Waals surface area contributed by atoms with Crippen molar-refractivity contribution in [3.63, 3.8) is 0 Å². The quantitative estimate of drug-likeness (QED) is 0.0262. The van der Waals surface area contributed by atoms with Crippen LogP contribution in [0.25, 0.3) is 0 Å². The first-order chi connectivity index (χ1) is 31.0. The van der Waals surface area contributed by atoms with Crippen molar-refractivity contribution in [2.45, 2.75) is 309 Å². The monoisotopic (exact) mass is 887 g/mol. The van der Waals surface area contributed by atoms with Crippen LogP contribution in [0.4, 0.5) is 0 Å². The molecule has 0 fully saturated rings. The highest BCUT2D eigenvalue weighted by atomic mass is 16.6. The highest BCUT2D eigenvalue weighted by Gasteiger charge is 2.19. The molecular formula is C57H106O6. The predicted molar refractivity (Wildman–Crippen MR) is 270 cm³/mol. The van der Waals surface area contributed by atoms with Gasteiger partial charge >= 0.3 is 17.9 Å². The highest BCUT2D eigenvalue weighted by Crippen LogP contribution is 2.16. The molecule has 1 unspecified atom stereocenters. The Kier molecular flexibility index (Phi) is 50.8. The van der Waals surface area contributed by atoms with E-state index in [1.54, 1.807) is 0 Å². The molecule has 0 aliphatic carbocycles. The van der Waals surface area contributed by atoms with Crippen molar-refractivity contribution >= 4 is 17.9 Å². The smallest absolute Gasteiger partial charge is 0.306 e. The Morgan fingerprint density at radius 3 is 0.794 bits per heavy atom. The van der Waals surface area contributed by atoms with Crippen molar-refractivity contribution in [1.82, 2.24) is 0 Å². The minimum Gasteiger partial charge on any atom is -0.462 e. The van der Waals surface area contributed by atoms with E-state index < -0.39 is 6.10 Å². The van der Waals surface area contributed by atoms with Crippen molar-refractivity contribution in [3.05, 3.63) is 24.3 Å². The second kappa shape index (κ2) is 52.5. The Labute approximate surface area is 392 Å². The highest BCUT2D eigenvalue weighted by molar-refractivity contribution is 5.71. The van der Waals surface area contributed by atoms with Gasteiger partial charge in [0.2, 0.25) is 0 Å². The molecule has 0 aliphatic rings. The van der Waals surface area contributed by atoms with Crippen LogP contribution in [0, 0.1) is 0 Å². The number of unbranched alkanes of at least 4 members (excludes halogenated alkanes) is 36. The van der Waals surface area contributed by atoms with E-state index in [1.165, 1.54) is 193 Å². The summed E-state index contributed by atoms with van der Waals surface area (Å²) in [7, 11) is 0. The Balaban J connectivity index is 4.36. The van der Waals surface area contributed by atoms with Crippen molar-refractivity contribution in [2.24, 2.45) is 0 Å². The molecule has 6 heteroatoms. The van der Waals surface area contributed by atoms with Crippen molar-refractivity contribution in [3.8, 4) is 0 Å². The summed E-state index contributed by atoms with van der Waals surface area (Å²) in [4.78, 5) is 38.1. The number of hydrogen-bond donors (Lipinski definition) is 0. The van der Waals surface area contributed by atoms with Crippen LogP contribution >= 0.6 is 0 Å². The number of ether oxygens (including phenoxy) is 3. The van der Waals surface area contributed by atoms with Crippen LogP contribution in [-0.4, -0.2) is 37.2 Å². The van der Waals surface area contributed by atoms with Gasteiger partial charge in [-0.1, -0.05) is 238 Å². The molecule has 0 rings (SSSR count). The number of rotatable bonds is 51. The fraction of sp³-hybridized carbons (Fsp3) is 0.877. The molecule has 0 spiro atoms. The largest absolute Gasteiger partial charge is 0.462 e. The number of carbonyl (C=O) groups is 3. The molecule has 0 radical (unpaired) electrons. The first-order valence-corrected chi connectivity index (χ1v) is 27.8. The molecule has 0 saturated heterocycles. The maximum Gasteiger partial charge on any atom is 0.306 e. The summed E-state index contributed by atoms with van der Waals surface area (Å²) in [5, 5.41) is 0. The van der Waals surface area contributed by atoms with E-state index in [0.717, 1.165) is 70.6 Å². The Morgan fingerprint density at radius 1 is 0.302 bits per heavy atom. The summed E-state index contributed by atoms with van der Waals surface area (Å²) in [6, 6.07) is 0. The molecule has 0 N–H and O–H groups in total. The lowest BCUT2D eigenvalue weighted by atomic mass is 10.0. The van der Waals surface area contributed by atoms with Crippen LogP contribution in [0.5, 0.6) is 0 Å². The van der Waals surface area contributed by atoms with Crippen molar-refractivity contribution < 1.29 is 28.6 Å². The van der Waals surface area contributed by atoms with Crippen molar-refractivity contribution in [2.75, 3.05) is 13.2 Å². The zero-order chi connectivity index (χ0) is 45.8. The van der Waals surface area contributed by atoms with Gasteiger partial charge in [0.1, 0.15) is 13.2 Å². The van der Waals surface area contributed by atoms with Crippen LogP contribution in [0.3, 0.4) is 0 Å². The van der Waals surface area contributed by atoms with Gasteiger partial charge in [0, 0.05) is 19.3 Å². The zero-order valence-electron chi connectivity index (χ0n) is 42.4. The topological polar surface area (TPSA) is 78.9 Å². The minimum atomic E-state index is -0.774. The van der Waals surface area contributed by atoms with Gasteiger partial charge in [0.25, 0.3) is 0 Å². The van der Waals surface area contributed by atoms with E-state index in [0.29, 0.717) is 19.3 Å². The third-order valence-corrected chi connectivity index (χ3v) is 12.4. The van der Waals surface area contributed by atoms with Gasteiger partial charge in [-0.05, 0) is 70.6 Å². The van der Waals surface area contributed by atoms with Gasteiger partial charge in [-0.3, -0.25) is 14.4 Å². The number of esters is 3. The molecule has 0 aromatic heterocycles. The number of carbonyl (C=O) groups excluding carboxylic acids is 3. The predicted octanol–water partition coefficient (Wildman–Crippen LogP) is 18.3. The third-order valence-electron chi connectivity index (χ3n) is 12.4. The fourth-order valence-electron chi connectivity index (χ4n) is 8.20. The zero-order valence-corrected chi connectivity index (χ0v) is 42.4. The standard InChI is InChI=1S/C57H106O6/c1-4-7-10-13-16-19-22-25-28-31-34-37-40-43-46-49-55(58)61-52-54(63-57(60)51-48-45-42-39-36-33-30-27-24-21-18-15-12-9-6-3)53-62-56(59)50-47-44-41-38-35-32-29-26-23-20-17-14-11-8-5-2/h25,27-28,30,54H,4-24,26,29,31-53H2,1-3H3/b28-25-,30-27+. The summed E-state index contributed by atoms with van der Waals surface area (Å²) >= 11 is 0. The van der Waals surface area contributed by atoms with Crippen molar-refractivity contribution in [1.29, 1.82) is 0 Å². The van der Waals surface area contributed by atoms with E-state index in [1.807, 2.05) is 0 Å². The second-order valence-corrected chi connectivity index (χ2v) is 18.8. The van der Waals surface area contributed by atoms with Gasteiger partial charge < -0.3 is 14.2 Å². The van der Waals surface area contributed by atoms with Crippen LogP contribution < -0.4 is 0 Å². The fourth-order valence-corrected chi connectivity index (χ4v) is 8.20. The van der Waals surface area contributed by atoms with Crippen LogP contribution in [0.2, 0.25) is 0 Å². The van der Waals surface area contributed by atoms with Gasteiger partial charge in [-0.25, -0.2) is 0 Å². The molecule has 0 bridgehead atoms. The minimum absolute atomic E-state index is 0.0730. The maximum absolute atomic E-state index is 12.8. The number of hydrogen-bond acceptors (Lipinski definition) is 6. The molecule has 1 atom stereocenters. The lowest BCUT2D eigenvalue weighted by molar-refractivity contribution is -0.167. The van der Waals surface area contributed by atoms with E-state index in [9.17, 15) is 14.4 Å². The Morgan fingerprint density at radius 2 is 0.524 bits per heavy atom. The molecule has 0 amide bonds. The van der Waals surface area contributed by atoms with E-state index >= 15 is 0 Å². The first kappa shape index (κ1) is 60.9. The summed E-state index contributed by atoms with van der Waals surface area (Å²) in [5.41, 5.74) is 0. The van der Waals surface area contributed by atoms with Gasteiger partial charge in [0.05, 0.1) is 0 Å². The number of allylic oxidation sites excluding steroid dienone is 4. The molecule has 0 aromatic carbocycles. The van der Waals surface area contributed by atoms with Crippen LogP contribution in [-0.2, 0) is 28.6 Å². The average molecular weight is 887 g/mol. The van der Waals surface area contributed by atoms with E-state index in [2.05, 4.69) is 45.1 Å². The summed E-state index contributed by atoms with van der Waals surface area (Å²) in [6.45, 7) is 6.65. The van der Waals surface area contributed by atoms with Gasteiger partial charge in [-0.2, -0.15) is 0 Å². The van der Waals surface area contributed by atoms with Crippen LogP contribution in [0.15, 0.2) is 24.3 Å². The molecule has 6 nitrogen and oxygen atoms in total. The molecule has 0 aliphatic heterocycles. The summed E-state index contributed by atoms with van der Waals surface area (Å²) in [6.07, 6.45) is 60.2. The van der Waals surface area contributed by atoms with Gasteiger partial charge in [-0.15, -0.1) is 0 Å².